The first-order valence-electron chi connectivity index (χ1n) is 3.56. The lowest BCUT2D eigenvalue weighted by Gasteiger charge is -2.07. The van der Waals surface area contributed by atoms with Crippen molar-refractivity contribution in [3.63, 3.8) is 0 Å². The first kappa shape index (κ1) is 10.3. The quantitative estimate of drug-likeness (QED) is 0.597. The Hall–Kier alpha value is 0.270. The molecule has 0 amide bonds. The van der Waals surface area contributed by atoms with Crippen molar-refractivity contribution in [2.45, 2.75) is 19.4 Å². The second-order valence-electron chi connectivity index (χ2n) is 2.13. The molecule has 0 aliphatic rings. The van der Waals surface area contributed by atoms with E-state index < -0.39 is 0 Å². The minimum Gasteiger partial charge on any atom is -0.391 e. The summed E-state index contributed by atoms with van der Waals surface area (Å²) in [5.41, 5.74) is 0. The van der Waals surface area contributed by atoms with Gasteiger partial charge in [0, 0.05) is 5.75 Å². The monoisotopic (exact) mass is 164 g/mol. The van der Waals surface area contributed by atoms with Crippen LogP contribution < -0.4 is 0 Å². The molecule has 62 valence electrons. The fourth-order valence-electron chi connectivity index (χ4n) is 0.479. The summed E-state index contributed by atoms with van der Waals surface area (Å²) in [7, 11) is 0. The van der Waals surface area contributed by atoms with Gasteiger partial charge in [-0.3, -0.25) is 0 Å². The van der Waals surface area contributed by atoms with Crippen molar-refractivity contribution in [2.75, 3.05) is 25.2 Å². The van der Waals surface area contributed by atoms with Crippen molar-refractivity contribution in [3.05, 3.63) is 0 Å². The highest BCUT2D eigenvalue weighted by Crippen LogP contribution is 1.94. The zero-order valence-corrected chi connectivity index (χ0v) is 7.49. The molecule has 0 rings (SSSR count). The first-order valence-corrected chi connectivity index (χ1v) is 4.95. The fourth-order valence-corrected chi connectivity index (χ4v) is 0.764. The van der Waals surface area contributed by atoms with E-state index in [0.717, 1.165) is 18.8 Å². The molecular formula is C7H16O2S. The molecule has 0 radical (unpaired) electrons. The van der Waals surface area contributed by atoms with Gasteiger partial charge >= 0.3 is 0 Å². The standard InChI is InChI=1S/C7H16O2S/c1-3-7(8)6-9-4-5-10-2/h7-8H,3-6H2,1-2H3. The van der Waals surface area contributed by atoms with Crippen LogP contribution in [0.1, 0.15) is 13.3 Å². The number of aliphatic hydroxyl groups is 1. The van der Waals surface area contributed by atoms with Gasteiger partial charge in [0.1, 0.15) is 0 Å². The van der Waals surface area contributed by atoms with Gasteiger partial charge in [0.2, 0.25) is 0 Å². The van der Waals surface area contributed by atoms with E-state index in [1.54, 1.807) is 11.8 Å². The van der Waals surface area contributed by atoms with Gasteiger partial charge in [-0.2, -0.15) is 11.8 Å². The van der Waals surface area contributed by atoms with Crippen LogP contribution in [0.4, 0.5) is 0 Å². The lowest BCUT2D eigenvalue weighted by atomic mass is 10.3. The van der Waals surface area contributed by atoms with Crippen molar-refractivity contribution in [2.24, 2.45) is 0 Å². The fraction of sp³-hybridized carbons (Fsp3) is 1.00. The Morgan fingerprint density at radius 3 is 2.80 bits per heavy atom. The Balaban J connectivity index is 2.89. The van der Waals surface area contributed by atoms with E-state index >= 15 is 0 Å². The summed E-state index contributed by atoms with van der Waals surface area (Å²) < 4.78 is 5.16. The molecule has 0 aromatic carbocycles. The van der Waals surface area contributed by atoms with Crippen molar-refractivity contribution in [1.82, 2.24) is 0 Å². The largest absolute Gasteiger partial charge is 0.391 e. The smallest absolute Gasteiger partial charge is 0.0771 e. The molecule has 3 heteroatoms. The zero-order chi connectivity index (χ0) is 7.82. The summed E-state index contributed by atoms with van der Waals surface area (Å²) in [6.07, 6.45) is 2.54. The number of thioether (sulfide) groups is 1. The van der Waals surface area contributed by atoms with E-state index in [0.29, 0.717) is 6.61 Å². The maximum Gasteiger partial charge on any atom is 0.0771 e. The average Bonchev–Trinajstić information content (AvgIpc) is 1.98. The van der Waals surface area contributed by atoms with Gasteiger partial charge in [-0.05, 0) is 12.7 Å². The van der Waals surface area contributed by atoms with Crippen LogP contribution in [0.2, 0.25) is 0 Å². The molecule has 0 saturated carbocycles. The molecule has 1 N–H and O–H groups in total. The van der Waals surface area contributed by atoms with Crippen LogP contribution in [0.3, 0.4) is 0 Å². The highest BCUT2D eigenvalue weighted by atomic mass is 32.2. The molecule has 1 atom stereocenters. The minimum atomic E-state index is -0.276. The van der Waals surface area contributed by atoms with E-state index in [4.69, 9.17) is 9.84 Å². The Morgan fingerprint density at radius 2 is 2.30 bits per heavy atom. The third kappa shape index (κ3) is 6.39. The highest BCUT2D eigenvalue weighted by molar-refractivity contribution is 7.98. The van der Waals surface area contributed by atoms with E-state index in [1.165, 1.54) is 0 Å². The maximum absolute atomic E-state index is 9.03. The lowest BCUT2D eigenvalue weighted by Crippen LogP contribution is -2.14. The van der Waals surface area contributed by atoms with Crippen LogP contribution in [0.25, 0.3) is 0 Å². The summed E-state index contributed by atoms with van der Waals surface area (Å²) in [5.74, 6) is 1.01. The number of hydrogen-bond donors (Lipinski definition) is 1. The second kappa shape index (κ2) is 7.38. The van der Waals surface area contributed by atoms with Crippen LogP contribution >= 0.6 is 11.8 Å². The molecule has 0 saturated heterocycles. The third-order valence-electron chi connectivity index (χ3n) is 1.21. The second-order valence-corrected chi connectivity index (χ2v) is 3.12. The molecule has 2 nitrogen and oxygen atoms in total. The highest BCUT2D eigenvalue weighted by Gasteiger charge is 1.98. The number of rotatable bonds is 6. The van der Waals surface area contributed by atoms with Gasteiger partial charge in [-0.1, -0.05) is 6.92 Å². The average molecular weight is 164 g/mol. The number of aliphatic hydroxyl groups excluding tert-OH is 1. The van der Waals surface area contributed by atoms with Crippen molar-refractivity contribution in [1.29, 1.82) is 0 Å². The molecule has 0 heterocycles. The van der Waals surface area contributed by atoms with Crippen molar-refractivity contribution < 1.29 is 9.84 Å². The molecule has 1 unspecified atom stereocenters. The van der Waals surface area contributed by atoms with Crippen LogP contribution in [-0.4, -0.2) is 36.4 Å². The van der Waals surface area contributed by atoms with Crippen LogP contribution in [-0.2, 0) is 4.74 Å². The Bertz CT molecular complexity index is 68.6. The maximum atomic E-state index is 9.03. The van der Waals surface area contributed by atoms with Gasteiger partial charge in [0.05, 0.1) is 19.3 Å². The van der Waals surface area contributed by atoms with E-state index in [1.807, 2.05) is 13.2 Å². The van der Waals surface area contributed by atoms with Crippen LogP contribution in [0.5, 0.6) is 0 Å². The molecule has 0 bridgehead atoms. The Kier molecular flexibility index (Phi) is 7.58. The Labute approximate surface area is 67.0 Å². The van der Waals surface area contributed by atoms with Crippen LogP contribution in [0.15, 0.2) is 0 Å². The van der Waals surface area contributed by atoms with Crippen molar-refractivity contribution >= 4 is 11.8 Å². The molecule has 0 spiro atoms. The molecular weight excluding hydrogens is 148 g/mol. The molecule has 0 aromatic heterocycles. The number of ether oxygens (including phenoxy) is 1. The summed E-state index contributed by atoms with van der Waals surface area (Å²) in [4.78, 5) is 0. The van der Waals surface area contributed by atoms with Gasteiger partial charge in [0.15, 0.2) is 0 Å². The summed E-state index contributed by atoms with van der Waals surface area (Å²) >= 11 is 1.75. The van der Waals surface area contributed by atoms with Gasteiger partial charge in [0.25, 0.3) is 0 Å². The first-order chi connectivity index (χ1) is 4.81. The summed E-state index contributed by atoms with van der Waals surface area (Å²) in [6.45, 7) is 3.18. The van der Waals surface area contributed by atoms with E-state index in [2.05, 4.69) is 0 Å². The predicted octanol–water partition coefficient (Wildman–Crippen LogP) is 1.14. The molecule has 0 aliphatic heterocycles. The van der Waals surface area contributed by atoms with Crippen molar-refractivity contribution in [3.8, 4) is 0 Å². The van der Waals surface area contributed by atoms with Gasteiger partial charge in [-0.25, -0.2) is 0 Å². The van der Waals surface area contributed by atoms with E-state index in [9.17, 15) is 0 Å². The van der Waals surface area contributed by atoms with E-state index in [-0.39, 0.29) is 6.10 Å². The Morgan fingerprint density at radius 1 is 1.60 bits per heavy atom. The summed E-state index contributed by atoms with van der Waals surface area (Å²) in [6, 6.07) is 0. The molecule has 10 heavy (non-hydrogen) atoms. The SMILES string of the molecule is CCC(O)COCCSC. The van der Waals surface area contributed by atoms with Gasteiger partial charge < -0.3 is 9.84 Å². The minimum absolute atomic E-state index is 0.276. The van der Waals surface area contributed by atoms with Gasteiger partial charge in [-0.15, -0.1) is 0 Å². The molecule has 0 aromatic rings. The summed E-state index contributed by atoms with van der Waals surface area (Å²) in [5, 5.41) is 9.03. The zero-order valence-electron chi connectivity index (χ0n) is 6.67. The van der Waals surface area contributed by atoms with Crippen LogP contribution in [0, 0.1) is 0 Å². The topological polar surface area (TPSA) is 29.5 Å². The molecule has 0 aliphatic carbocycles. The third-order valence-corrected chi connectivity index (χ3v) is 1.79. The molecule has 0 fully saturated rings. The number of hydrogen-bond acceptors (Lipinski definition) is 3. The lowest BCUT2D eigenvalue weighted by molar-refractivity contribution is 0.0420. The predicted molar refractivity (Wildman–Crippen MR) is 45.5 cm³/mol. The normalized spacial score (nSPS) is 13.5.